The Morgan fingerprint density at radius 2 is 2.04 bits per heavy atom. The molecule has 0 aliphatic heterocycles. The molecule has 0 saturated carbocycles. The Morgan fingerprint density at radius 3 is 2.89 bits per heavy atom. The van der Waals surface area contributed by atoms with Crippen LogP contribution < -0.4 is 11.3 Å². The molecule has 0 unspecified atom stereocenters. The summed E-state index contributed by atoms with van der Waals surface area (Å²) < 4.78 is 2.22. The second kappa shape index (κ2) is 6.31. The number of aromatic nitrogens is 5. The van der Waals surface area contributed by atoms with Gasteiger partial charge in [-0.2, -0.15) is 5.10 Å². The molecule has 7 nitrogen and oxygen atoms in total. The molecule has 0 saturated heterocycles. The van der Waals surface area contributed by atoms with Crippen LogP contribution in [0.5, 0.6) is 0 Å². The lowest BCUT2D eigenvalue weighted by atomic mass is 10.1. The Labute approximate surface area is 160 Å². The molecular weight excluding hydrogens is 352 g/mol. The molecule has 0 fully saturated rings. The second-order valence-electron chi connectivity index (χ2n) is 7.01. The van der Waals surface area contributed by atoms with E-state index in [4.69, 9.17) is 10.7 Å². The Bertz CT molecular complexity index is 1390. The van der Waals surface area contributed by atoms with Crippen molar-refractivity contribution >= 4 is 32.8 Å². The molecule has 5 aromatic rings. The molecule has 4 N–H and O–H groups in total. The van der Waals surface area contributed by atoms with E-state index in [1.54, 1.807) is 6.20 Å². The third-order valence-electron chi connectivity index (χ3n) is 5.31. The van der Waals surface area contributed by atoms with Crippen molar-refractivity contribution < 1.29 is 0 Å². The number of aryl methyl sites for hydroxylation is 1. The van der Waals surface area contributed by atoms with Gasteiger partial charge in [0.15, 0.2) is 0 Å². The van der Waals surface area contributed by atoms with Crippen LogP contribution in [0.2, 0.25) is 0 Å². The number of aromatic amines is 2. The molecule has 0 radical (unpaired) electrons. The smallest absolute Gasteiger partial charge is 0.275 e. The summed E-state index contributed by atoms with van der Waals surface area (Å²) in [6, 6.07) is 11.9. The summed E-state index contributed by atoms with van der Waals surface area (Å²) in [7, 11) is 0. The van der Waals surface area contributed by atoms with E-state index in [-0.39, 0.29) is 5.56 Å². The van der Waals surface area contributed by atoms with Crippen LogP contribution in [0.25, 0.3) is 44.1 Å². The highest BCUT2D eigenvalue weighted by molar-refractivity contribution is 5.99. The standard InChI is InChI=1S/C21H20N6O/c1-12-19(14-5-2-3-6-18(14)27(12)8-4-7-22)20-21(28)25-16-9-13-11-23-26-15(13)10-17(16)24-20/h2-3,5-6,9-11H,4,7-8,22H2,1H3,(H,23,26)(H,25,28). The minimum atomic E-state index is -0.194. The SMILES string of the molecule is Cc1c(-c2nc3cc4[nH]ncc4cc3[nH]c2=O)c2ccccc2n1CCCN. The summed E-state index contributed by atoms with van der Waals surface area (Å²) in [6.07, 6.45) is 2.61. The van der Waals surface area contributed by atoms with E-state index in [9.17, 15) is 4.79 Å². The van der Waals surface area contributed by atoms with Crippen molar-refractivity contribution in [3.05, 3.63) is 58.6 Å². The predicted octanol–water partition coefficient (Wildman–Crippen LogP) is 3.08. The van der Waals surface area contributed by atoms with Crippen LogP contribution in [0.4, 0.5) is 0 Å². The number of fused-ring (bicyclic) bond motifs is 3. The van der Waals surface area contributed by atoms with Crippen molar-refractivity contribution in [2.45, 2.75) is 19.9 Å². The van der Waals surface area contributed by atoms with Gasteiger partial charge in [-0.15, -0.1) is 0 Å². The molecule has 3 aromatic heterocycles. The largest absolute Gasteiger partial charge is 0.344 e. The van der Waals surface area contributed by atoms with Crippen LogP contribution in [0.1, 0.15) is 12.1 Å². The van der Waals surface area contributed by atoms with Gasteiger partial charge in [0.1, 0.15) is 5.69 Å². The first kappa shape index (κ1) is 16.7. The molecule has 0 aliphatic rings. The summed E-state index contributed by atoms with van der Waals surface area (Å²) in [4.78, 5) is 20.7. The number of nitrogens with two attached hydrogens (primary N) is 1. The zero-order chi connectivity index (χ0) is 19.3. The number of nitrogens with one attached hydrogen (secondary N) is 2. The summed E-state index contributed by atoms with van der Waals surface area (Å²) in [5, 5.41) is 8.97. The first-order valence-electron chi connectivity index (χ1n) is 9.33. The minimum Gasteiger partial charge on any atom is -0.344 e. The summed E-state index contributed by atoms with van der Waals surface area (Å²) >= 11 is 0. The van der Waals surface area contributed by atoms with E-state index in [0.29, 0.717) is 17.8 Å². The van der Waals surface area contributed by atoms with Gasteiger partial charge in [0, 0.05) is 34.1 Å². The van der Waals surface area contributed by atoms with E-state index >= 15 is 0 Å². The zero-order valence-electron chi connectivity index (χ0n) is 15.5. The van der Waals surface area contributed by atoms with E-state index < -0.39 is 0 Å². The van der Waals surface area contributed by atoms with E-state index in [1.807, 2.05) is 37.3 Å². The average molecular weight is 372 g/mol. The molecule has 0 aliphatic carbocycles. The highest BCUT2D eigenvalue weighted by Gasteiger charge is 2.19. The van der Waals surface area contributed by atoms with Crippen molar-refractivity contribution in [3.63, 3.8) is 0 Å². The molecular formula is C21H20N6O. The maximum atomic E-state index is 13.0. The van der Waals surface area contributed by atoms with Crippen molar-refractivity contribution in [1.29, 1.82) is 0 Å². The van der Waals surface area contributed by atoms with Gasteiger partial charge in [0.25, 0.3) is 5.56 Å². The van der Waals surface area contributed by atoms with Crippen molar-refractivity contribution in [2.24, 2.45) is 5.73 Å². The topological polar surface area (TPSA) is 105 Å². The molecule has 28 heavy (non-hydrogen) atoms. The first-order chi connectivity index (χ1) is 13.7. The number of nitrogens with zero attached hydrogens (tertiary/aromatic N) is 3. The summed E-state index contributed by atoms with van der Waals surface area (Å²) in [5.41, 5.74) is 11.3. The monoisotopic (exact) mass is 372 g/mol. The van der Waals surface area contributed by atoms with Gasteiger partial charge in [-0.25, -0.2) is 4.98 Å². The van der Waals surface area contributed by atoms with Crippen molar-refractivity contribution in [2.75, 3.05) is 6.54 Å². The second-order valence-corrected chi connectivity index (χ2v) is 7.01. The van der Waals surface area contributed by atoms with Gasteiger partial charge in [0.05, 0.1) is 22.7 Å². The molecule has 0 atom stereocenters. The fourth-order valence-corrected chi connectivity index (χ4v) is 3.96. The highest BCUT2D eigenvalue weighted by Crippen LogP contribution is 2.33. The molecule has 0 spiro atoms. The quantitative estimate of drug-likeness (QED) is 0.451. The predicted molar refractivity (Wildman–Crippen MR) is 111 cm³/mol. The molecule has 140 valence electrons. The van der Waals surface area contributed by atoms with Gasteiger partial charge >= 0.3 is 0 Å². The lowest BCUT2D eigenvalue weighted by molar-refractivity contribution is 0.657. The minimum absolute atomic E-state index is 0.194. The van der Waals surface area contributed by atoms with Crippen LogP contribution in [0.3, 0.4) is 0 Å². The van der Waals surface area contributed by atoms with E-state index in [1.165, 1.54) is 0 Å². The Balaban J connectivity index is 1.80. The number of hydrogen-bond acceptors (Lipinski definition) is 4. The van der Waals surface area contributed by atoms with Crippen LogP contribution in [-0.2, 0) is 6.54 Å². The molecule has 7 heteroatoms. The number of H-pyrrole nitrogens is 2. The van der Waals surface area contributed by atoms with Crippen LogP contribution in [0, 0.1) is 6.92 Å². The van der Waals surface area contributed by atoms with Crippen LogP contribution in [-0.4, -0.2) is 31.3 Å². The molecule has 0 amide bonds. The van der Waals surface area contributed by atoms with Crippen molar-refractivity contribution in [1.82, 2.24) is 24.7 Å². The lowest BCUT2D eigenvalue weighted by Gasteiger charge is -2.08. The van der Waals surface area contributed by atoms with E-state index in [2.05, 4.69) is 25.8 Å². The average Bonchev–Trinajstić information content (AvgIpc) is 3.25. The summed E-state index contributed by atoms with van der Waals surface area (Å²) in [5.74, 6) is 0. The Morgan fingerprint density at radius 1 is 1.18 bits per heavy atom. The fourth-order valence-electron chi connectivity index (χ4n) is 3.96. The Hall–Kier alpha value is -3.45. The molecule has 0 bridgehead atoms. The molecule has 5 rings (SSSR count). The first-order valence-corrected chi connectivity index (χ1v) is 9.33. The van der Waals surface area contributed by atoms with Crippen molar-refractivity contribution in [3.8, 4) is 11.3 Å². The lowest BCUT2D eigenvalue weighted by Crippen LogP contribution is -2.12. The third kappa shape index (κ3) is 2.44. The van der Waals surface area contributed by atoms with Gasteiger partial charge in [-0.3, -0.25) is 9.89 Å². The van der Waals surface area contributed by atoms with Gasteiger partial charge in [-0.1, -0.05) is 18.2 Å². The normalized spacial score (nSPS) is 11.8. The fraction of sp³-hybridized carbons (Fsp3) is 0.190. The van der Waals surface area contributed by atoms with Gasteiger partial charge in [-0.05, 0) is 38.1 Å². The third-order valence-corrected chi connectivity index (χ3v) is 5.31. The maximum absolute atomic E-state index is 13.0. The van der Waals surface area contributed by atoms with Gasteiger partial charge in [0.2, 0.25) is 0 Å². The number of benzene rings is 2. The zero-order valence-corrected chi connectivity index (χ0v) is 15.5. The molecule has 2 aromatic carbocycles. The number of para-hydroxylation sites is 1. The van der Waals surface area contributed by atoms with Crippen LogP contribution >= 0.6 is 0 Å². The van der Waals surface area contributed by atoms with E-state index in [0.717, 1.165) is 51.5 Å². The number of hydrogen-bond donors (Lipinski definition) is 3. The van der Waals surface area contributed by atoms with Crippen LogP contribution in [0.15, 0.2) is 47.4 Å². The maximum Gasteiger partial charge on any atom is 0.275 e. The molecule has 3 heterocycles. The highest BCUT2D eigenvalue weighted by atomic mass is 16.1. The number of rotatable bonds is 4. The Kier molecular flexibility index (Phi) is 3.77. The summed E-state index contributed by atoms with van der Waals surface area (Å²) in [6.45, 7) is 3.47. The van der Waals surface area contributed by atoms with Gasteiger partial charge < -0.3 is 15.3 Å².